The van der Waals surface area contributed by atoms with Gasteiger partial charge in [-0.25, -0.2) is 8.42 Å². The van der Waals surface area contributed by atoms with E-state index in [1.807, 2.05) is 13.0 Å². The molecule has 0 aliphatic heterocycles. The molecule has 2 aromatic carbocycles. The third-order valence-electron chi connectivity index (χ3n) is 4.79. The van der Waals surface area contributed by atoms with Crippen molar-refractivity contribution in [2.75, 3.05) is 24.0 Å². The van der Waals surface area contributed by atoms with E-state index in [2.05, 4.69) is 25.8 Å². The number of rotatable bonds is 7. The molecule has 0 saturated heterocycles. The van der Waals surface area contributed by atoms with E-state index < -0.39 is 22.2 Å². The third kappa shape index (κ3) is 5.28. The van der Waals surface area contributed by atoms with Crippen molar-refractivity contribution in [1.82, 2.24) is 15.2 Å². The highest BCUT2D eigenvalue weighted by molar-refractivity contribution is 7.92. The zero-order chi connectivity index (χ0) is 23.7. The molecule has 3 rings (SSSR count). The van der Waals surface area contributed by atoms with Crippen LogP contribution in [0.5, 0.6) is 0 Å². The summed E-state index contributed by atoms with van der Waals surface area (Å²) in [7, 11) is -5.90. The van der Waals surface area contributed by atoms with Crippen LogP contribution in [-0.2, 0) is 14.4 Å². The number of nitrogens with one attached hydrogen (secondary N) is 2. The highest BCUT2D eigenvalue weighted by Gasteiger charge is 2.23. The van der Waals surface area contributed by atoms with Gasteiger partial charge in [0, 0.05) is 11.0 Å². The van der Waals surface area contributed by atoms with Gasteiger partial charge in [-0.2, -0.15) is 4.98 Å². The fourth-order valence-electron chi connectivity index (χ4n) is 2.89. The van der Waals surface area contributed by atoms with Gasteiger partial charge in [-0.05, 0) is 70.0 Å². The second kappa shape index (κ2) is 9.17. The normalized spacial score (nSPS) is 12.1. The first-order valence-corrected chi connectivity index (χ1v) is 14.4. The smallest absolute Gasteiger partial charge is 0.249 e. The molecule has 0 aliphatic carbocycles. The lowest BCUT2D eigenvalue weighted by Gasteiger charge is -2.15. The average molecular weight is 494 g/mol. The summed E-state index contributed by atoms with van der Waals surface area (Å²) in [4.78, 5) is 4.51. The number of halogens is 1. The summed E-state index contributed by atoms with van der Waals surface area (Å²) >= 11 is 6.17. The van der Waals surface area contributed by atoms with Gasteiger partial charge in [0.1, 0.15) is 7.14 Å². The number of benzene rings is 2. The molecule has 170 valence electrons. The summed E-state index contributed by atoms with van der Waals surface area (Å²) in [6, 6.07) is 12.0. The number of anilines is 4. The van der Waals surface area contributed by atoms with Crippen molar-refractivity contribution in [3.05, 3.63) is 53.2 Å². The molecule has 0 bridgehead atoms. The molecule has 0 radical (unpaired) electrons. The molecule has 0 atom stereocenters. The molecule has 0 spiro atoms. The lowest BCUT2D eigenvalue weighted by molar-refractivity contribution is 0.587. The average Bonchev–Trinajstić information content (AvgIpc) is 2.71. The first-order valence-electron chi connectivity index (χ1n) is 9.83. The van der Waals surface area contributed by atoms with Crippen LogP contribution < -0.4 is 15.9 Å². The van der Waals surface area contributed by atoms with Crippen LogP contribution in [0.2, 0.25) is 5.15 Å². The molecular formula is C21H25ClN5O3PS. The number of nitrogens with zero attached hydrogens (tertiary/aromatic N) is 3. The predicted octanol–water partition coefficient (Wildman–Crippen LogP) is 4.75. The van der Waals surface area contributed by atoms with Gasteiger partial charge < -0.3 is 15.2 Å². The minimum atomic E-state index is -3.53. The number of hydrogen-bond acceptors (Lipinski definition) is 8. The third-order valence-corrected chi connectivity index (χ3v) is 8.78. The molecule has 2 N–H and O–H groups in total. The Morgan fingerprint density at radius 2 is 1.69 bits per heavy atom. The summed E-state index contributed by atoms with van der Waals surface area (Å²) in [5.41, 5.74) is 1.93. The van der Waals surface area contributed by atoms with Crippen molar-refractivity contribution in [2.45, 2.75) is 30.9 Å². The van der Waals surface area contributed by atoms with Gasteiger partial charge in [-0.1, -0.05) is 23.7 Å². The van der Waals surface area contributed by atoms with E-state index in [-0.39, 0.29) is 21.8 Å². The molecule has 8 nitrogen and oxygen atoms in total. The van der Waals surface area contributed by atoms with Crippen molar-refractivity contribution in [3.63, 3.8) is 0 Å². The number of hydrogen-bond donors (Lipinski definition) is 2. The quantitative estimate of drug-likeness (QED) is 0.453. The Balaban J connectivity index is 1.93. The summed E-state index contributed by atoms with van der Waals surface area (Å²) in [6.45, 7) is 8.57. The number of sulfone groups is 1. The molecule has 1 aromatic heterocycles. The summed E-state index contributed by atoms with van der Waals surface area (Å²) in [5.74, 6) is 0.338. The Morgan fingerprint density at radius 3 is 2.31 bits per heavy atom. The highest BCUT2D eigenvalue weighted by Crippen LogP contribution is 2.36. The molecule has 0 aliphatic rings. The van der Waals surface area contributed by atoms with Gasteiger partial charge in [0.25, 0.3) is 0 Å². The van der Waals surface area contributed by atoms with Crippen LogP contribution in [0.25, 0.3) is 0 Å². The second-order valence-electron chi connectivity index (χ2n) is 7.96. The Bertz CT molecular complexity index is 1310. The lowest BCUT2D eigenvalue weighted by Crippen LogP contribution is -2.16. The van der Waals surface area contributed by atoms with Crippen molar-refractivity contribution >= 4 is 57.0 Å². The topological polar surface area (TPSA) is 114 Å². The largest absolute Gasteiger partial charge is 0.336 e. The second-order valence-corrected chi connectivity index (χ2v) is 14.0. The van der Waals surface area contributed by atoms with Crippen molar-refractivity contribution in [3.8, 4) is 0 Å². The molecule has 1 heterocycles. The predicted molar refractivity (Wildman–Crippen MR) is 130 cm³/mol. The molecule has 32 heavy (non-hydrogen) atoms. The van der Waals surface area contributed by atoms with Crippen LogP contribution >= 0.6 is 18.7 Å². The van der Waals surface area contributed by atoms with Crippen molar-refractivity contribution in [1.29, 1.82) is 0 Å². The zero-order valence-corrected chi connectivity index (χ0v) is 20.9. The monoisotopic (exact) mass is 493 g/mol. The van der Waals surface area contributed by atoms with Gasteiger partial charge in [0.2, 0.25) is 5.95 Å². The van der Waals surface area contributed by atoms with Gasteiger partial charge in [-0.3, -0.25) is 0 Å². The van der Waals surface area contributed by atoms with E-state index in [4.69, 9.17) is 11.6 Å². The number of aromatic nitrogens is 3. The maximum atomic E-state index is 12.7. The molecule has 3 aromatic rings. The molecule has 0 unspecified atom stereocenters. The van der Waals surface area contributed by atoms with Crippen LogP contribution in [0, 0.1) is 6.92 Å². The van der Waals surface area contributed by atoms with Crippen molar-refractivity contribution < 1.29 is 13.0 Å². The van der Waals surface area contributed by atoms with E-state index in [0.717, 1.165) is 16.6 Å². The Kier molecular flexibility index (Phi) is 6.93. The van der Waals surface area contributed by atoms with E-state index in [1.165, 1.54) is 6.07 Å². The zero-order valence-electron chi connectivity index (χ0n) is 18.4. The molecular weight excluding hydrogens is 469 g/mol. The van der Waals surface area contributed by atoms with Gasteiger partial charge in [0.15, 0.2) is 20.8 Å². The summed E-state index contributed by atoms with van der Waals surface area (Å²) in [6.07, 6.45) is 0. The minimum Gasteiger partial charge on any atom is -0.336 e. The Morgan fingerprint density at radius 1 is 1.00 bits per heavy atom. The SMILES string of the molecule is Cc1cc(P(C)(C)=O)ccc1Nc1nnc(Cl)c(Nc2ccccc2S(=O)(=O)C(C)C)n1. The van der Waals surface area contributed by atoms with E-state index in [0.29, 0.717) is 5.69 Å². The van der Waals surface area contributed by atoms with Crippen LogP contribution in [0.4, 0.5) is 23.1 Å². The molecule has 11 heteroatoms. The number of para-hydroxylation sites is 1. The number of aryl methyl sites for hydroxylation is 1. The van der Waals surface area contributed by atoms with Gasteiger partial charge in [0.05, 0.1) is 15.8 Å². The first-order chi connectivity index (χ1) is 14.9. The van der Waals surface area contributed by atoms with Crippen LogP contribution in [0.3, 0.4) is 0 Å². The van der Waals surface area contributed by atoms with Crippen LogP contribution in [0.1, 0.15) is 19.4 Å². The van der Waals surface area contributed by atoms with Gasteiger partial charge >= 0.3 is 0 Å². The summed E-state index contributed by atoms with van der Waals surface area (Å²) in [5, 5.41) is 14.1. The van der Waals surface area contributed by atoms with E-state index in [9.17, 15) is 13.0 Å². The fourth-order valence-corrected chi connectivity index (χ4v) is 5.16. The highest BCUT2D eigenvalue weighted by atomic mass is 35.5. The standard InChI is InChI=1S/C21H25ClN5O3PS/c1-13(2)32(29,30)18-9-7-6-8-17(18)23-20-19(22)26-27-21(25-20)24-16-11-10-15(12-14(16)3)31(4,5)28/h6-13H,1-5H3,(H2,23,24,25,27). The van der Waals surface area contributed by atoms with E-state index in [1.54, 1.807) is 57.5 Å². The lowest BCUT2D eigenvalue weighted by atomic mass is 10.2. The minimum absolute atomic E-state index is 0.00253. The van der Waals surface area contributed by atoms with Crippen LogP contribution in [0.15, 0.2) is 47.4 Å². The van der Waals surface area contributed by atoms with E-state index >= 15 is 0 Å². The molecule has 0 saturated carbocycles. The Hall–Kier alpha value is -2.48. The maximum Gasteiger partial charge on any atom is 0.249 e. The van der Waals surface area contributed by atoms with Gasteiger partial charge in [-0.15, -0.1) is 10.2 Å². The van der Waals surface area contributed by atoms with Crippen molar-refractivity contribution in [2.24, 2.45) is 0 Å². The fraction of sp³-hybridized carbons (Fsp3) is 0.286. The first kappa shape index (κ1) is 24.2. The molecule has 0 amide bonds. The molecule has 0 fully saturated rings. The van der Waals surface area contributed by atoms with Crippen LogP contribution in [-0.4, -0.2) is 42.2 Å². The summed E-state index contributed by atoms with van der Waals surface area (Å²) < 4.78 is 37.7. The maximum absolute atomic E-state index is 12.7. The Labute approximate surface area is 193 Å².